The first-order chi connectivity index (χ1) is 10.7. The van der Waals surface area contributed by atoms with Crippen molar-refractivity contribution in [3.05, 3.63) is 70.8 Å². The minimum atomic E-state index is 0.115. The van der Waals surface area contributed by atoms with Crippen LogP contribution in [0.4, 0.5) is 0 Å². The molecule has 1 nitrogen and oxygen atoms in total. The highest BCUT2D eigenvalue weighted by atomic mass is 16.1. The number of ketones is 1. The molecule has 0 aliphatic carbocycles. The fourth-order valence-corrected chi connectivity index (χ4v) is 2.57. The Hall–Kier alpha value is -1.89. The van der Waals surface area contributed by atoms with Gasteiger partial charge in [0.05, 0.1) is 0 Å². The minimum absolute atomic E-state index is 0.115. The molecule has 0 saturated carbocycles. The molecule has 0 saturated heterocycles. The summed E-state index contributed by atoms with van der Waals surface area (Å²) < 4.78 is 0. The maximum Gasteiger partial charge on any atom is 0.193 e. The molecule has 2 aromatic carbocycles. The van der Waals surface area contributed by atoms with E-state index in [1.54, 1.807) is 0 Å². The zero-order valence-electron chi connectivity index (χ0n) is 13.8. The molecule has 116 valence electrons. The lowest BCUT2D eigenvalue weighted by atomic mass is 9.99. The summed E-state index contributed by atoms with van der Waals surface area (Å²) in [7, 11) is 0. The van der Waals surface area contributed by atoms with Crippen LogP contribution in [0.25, 0.3) is 0 Å². The Balaban J connectivity index is 2.04. The van der Waals surface area contributed by atoms with Crippen molar-refractivity contribution in [1.82, 2.24) is 0 Å². The first-order valence-electron chi connectivity index (χ1n) is 8.47. The minimum Gasteiger partial charge on any atom is -0.289 e. The van der Waals surface area contributed by atoms with E-state index in [-0.39, 0.29) is 5.78 Å². The van der Waals surface area contributed by atoms with E-state index in [0.717, 1.165) is 24.0 Å². The summed E-state index contributed by atoms with van der Waals surface area (Å²) in [6, 6.07) is 16.2. The molecule has 0 aliphatic heterocycles. The summed E-state index contributed by atoms with van der Waals surface area (Å²) in [5, 5.41) is 0. The second kappa shape index (κ2) is 8.53. The van der Waals surface area contributed by atoms with Gasteiger partial charge in [-0.05, 0) is 36.8 Å². The SMILES string of the molecule is CCCCc1ccc(C(=O)c2ccc(CCCC)cc2)cc1. The molecule has 0 bridgehead atoms. The Labute approximate surface area is 134 Å². The molecule has 0 fully saturated rings. The molecule has 1 heteroatoms. The smallest absolute Gasteiger partial charge is 0.193 e. The molecule has 0 N–H and O–H groups in total. The van der Waals surface area contributed by atoms with Crippen LogP contribution < -0.4 is 0 Å². The van der Waals surface area contributed by atoms with E-state index >= 15 is 0 Å². The van der Waals surface area contributed by atoms with Crippen LogP contribution in [0.1, 0.15) is 66.6 Å². The van der Waals surface area contributed by atoms with E-state index in [1.807, 2.05) is 24.3 Å². The molecule has 2 rings (SSSR count). The summed E-state index contributed by atoms with van der Waals surface area (Å²) in [6.45, 7) is 4.39. The van der Waals surface area contributed by atoms with Crippen LogP contribution in [-0.4, -0.2) is 5.78 Å². The van der Waals surface area contributed by atoms with Crippen molar-refractivity contribution >= 4 is 5.78 Å². The highest BCUT2D eigenvalue weighted by Crippen LogP contribution is 2.14. The van der Waals surface area contributed by atoms with Gasteiger partial charge in [-0.15, -0.1) is 0 Å². The fraction of sp³-hybridized carbons (Fsp3) is 0.381. The average Bonchev–Trinajstić information content (AvgIpc) is 2.58. The summed E-state index contributed by atoms with van der Waals surface area (Å²) in [5.41, 5.74) is 4.18. The molecular formula is C21H26O. The third-order valence-corrected chi connectivity index (χ3v) is 4.07. The van der Waals surface area contributed by atoms with Crippen molar-refractivity contribution in [2.24, 2.45) is 0 Å². The Kier molecular flexibility index (Phi) is 6.39. The van der Waals surface area contributed by atoms with Crippen LogP contribution in [0.5, 0.6) is 0 Å². The number of carbonyl (C=O) groups excluding carboxylic acids is 1. The summed E-state index contributed by atoms with van der Waals surface area (Å²) in [6.07, 6.45) is 6.99. The maximum atomic E-state index is 12.5. The zero-order valence-corrected chi connectivity index (χ0v) is 13.8. The predicted molar refractivity (Wildman–Crippen MR) is 93.5 cm³/mol. The molecule has 0 atom stereocenters. The molecule has 0 unspecified atom stereocenters. The first kappa shape index (κ1) is 16.5. The monoisotopic (exact) mass is 294 g/mol. The summed E-state index contributed by atoms with van der Waals surface area (Å²) in [5.74, 6) is 0.115. The van der Waals surface area contributed by atoms with Crippen LogP contribution in [0.3, 0.4) is 0 Å². The Morgan fingerprint density at radius 2 is 1.05 bits per heavy atom. The molecule has 2 aromatic rings. The highest BCUT2D eigenvalue weighted by molar-refractivity contribution is 6.08. The van der Waals surface area contributed by atoms with Crippen LogP contribution in [-0.2, 0) is 12.8 Å². The number of rotatable bonds is 8. The molecule has 0 aliphatic rings. The van der Waals surface area contributed by atoms with Gasteiger partial charge in [0.25, 0.3) is 0 Å². The number of hydrogen-bond acceptors (Lipinski definition) is 1. The molecular weight excluding hydrogens is 268 g/mol. The zero-order chi connectivity index (χ0) is 15.8. The van der Waals surface area contributed by atoms with Gasteiger partial charge in [0.1, 0.15) is 0 Å². The number of hydrogen-bond donors (Lipinski definition) is 0. The van der Waals surface area contributed by atoms with E-state index in [1.165, 1.54) is 36.8 Å². The first-order valence-corrected chi connectivity index (χ1v) is 8.47. The largest absolute Gasteiger partial charge is 0.289 e. The van der Waals surface area contributed by atoms with Crippen molar-refractivity contribution in [1.29, 1.82) is 0 Å². The second-order valence-corrected chi connectivity index (χ2v) is 5.93. The number of aryl methyl sites for hydroxylation is 2. The van der Waals surface area contributed by atoms with E-state index in [4.69, 9.17) is 0 Å². The van der Waals surface area contributed by atoms with Crippen molar-refractivity contribution in [2.45, 2.75) is 52.4 Å². The van der Waals surface area contributed by atoms with Gasteiger partial charge in [0, 0.05) is 11.1 Å². The molecule has 0 radical (unpaired) electrons. The van der Waals surface area contributed by atoms with E-state index < -0.39 is 0 Å². The van der Waals surface area contributed by atoms with Gasteiger partial charge in [-0.3, -0.25) is 4.79 Å². The lowest BCUT2D eigenvalue weighted by Gasteiger charge is -2.05. The Morgan fingerprint density at radius 1 is 0.682 bits per heavy atom. The fourth-order valence-electron chi connectivity index (χ4n) is 2.57. The standard InChI is InChI=1S/C21H26O/c1-3-5-7-17-9-13-19(14-10-17)21(22)20-15-11-18(12-16-20)8-6-4-2/h9-16H,3-8H2,1-2H3. The maximum absolute atomic E-state index is 12.5. The predicted octanol–water partition coefficient (Wildman–Crippen LogP) is 5.60. The van der Waals surface area contributed by atoms with E-state index in [2.05, 4.69) is 38.1 Å². The van der Waals surface area contributed by atoms with Crippen molar-refractivity contribution in [3.8, 4) is 0 Å². The van der Waals surface area contributed by atoms with Gasteiger partial charge >= 0.3 is 0 Å². The van der Waals surface area contributed by atoms with E-state index in [9.17, 15) is 4.79 Å². The van der Waals surface area contributed by atoms with Gasteiger partial charge in [0.2, 0.25) is 0 Å². The lowest BCUT2D eigenvalue weighted by molar-refractivity contribution is 0.103. The van der Waals surface area contributed by atoms with Crippen LogP contribution in [0.2, 0.25) is 0 Å². The molecule has 0 spiro atoms. The molecule has 0 amide bonds. The van der Waals surface area contributed by atoms with Crippen LogP contribution in [0.15, 0.2) is 48.5 Å². The number of carbonyl (C=O) groups is 1. The molecule has 0 heterocycles. The second-order valence-electron chi connectivity index (χ2n) is 5.93. The quantitative estimate of drug-likeness (QED) is 0.579. The number of unbranched alkanes of at least 4 members (excludes halogenated alkanes) is 2. The van der Waals surface area contributed by atoms with Gasteiger partial charge in [-0.25, -0.2) is 0 Å². The van der Waals surface area contributed by atoms with Gasteiger partial charge < -0.3 is 0 Å². The third-order valence-electron chi connectivity index (χ3n) is 4.07. The van der Waals surface area contributed by atoms with E-state index in [0.29, 0.717) is 0 Å². The summed E-state index contributed by atoms with van der Waals surface area (Å²) in [4.78, 5) is 12.5. The van der Waals surface area contributed by atoms with Crippen molar-refractivity contribution < 1.29 is 4.79 Å². The van der Waals surface area contributed by atoms with Crippen molar-refractivity contribution in [2.75, 3.05) is 0 Å². The normalized spacial score (nSPS) is 10.6. The van der Waals surface area contributed by atoms with Crippen LogP contribution in [0, 0.1) is 0 Å². The summed E-state index contributed by atoms with van der Waals surface area (Å²) >= 11 is 0. The highest BCUT2D eigenvalue weighted by Gasteiger charge is 2.08. The van der Waals surface area contributed by atoms with Gasteiger partial charge in [0.15, 0.2) is 5.78 Å². The Morgan fingerprint density at radius 3 is 1.36 bits per heavy atom. The third kappa shape index (κ3) is 4.56. The number of benzene rings is 2. The van der Waals surface area contributed by atoms with Gasteiger partial charge in [-0.1, -0.05) is 75.2 Å². The Bertz CT molecular complexity index is 525. The van der Waals surface area contributed by atoms with Gasteiger partial charge in [-0.2, -0.15) is 0 Å². The van der Waals surface area contributed by atoms with Crippen LogP contribution >= 0.6 is 0 Å². The average molecular weight is 294 g/mol. The topological polar surface area (TPSA) is 17.1 Å². The van der Waals surface area contributed by atoms with Crippen molar-refractivity contribution in [3.63, 3.8) is 0 Å². The molecule has 22 heavy (non-hydrogen) atoms. The lowest BCUT2D eigenvalue weighted by Crippen LogP contribution is -2.01. The molecule has 0 aromatic heterocycles.